The van der Waals surface area contributed by atoms with Crippen LogP contribution in [0.25, 0.3) is 0 Å². The highest BCUT2D eigenvalue weighted by Crippen LogP contribution is 2.28. The Bertz CT molecular complexity index is 612. The van der Waals surface area contributed by atoms with Crippen molar-refractivity contribution in [3.63, 3.8) is 0 Å². The van der Waals surface area contributed by atoms with Gasteiger partial charge in [0.1, 0.15) is 0 Å². The highest BCUT2D eigenvalue weighted by molar-refractivity contribution is 5.43. The fraction of sp³-hybridized carbons (Fsp3) is 0.389. The summed E-state index contributed by atoms with van der Waals surface area (Å²) in [4.78, 5) is 4.48. The number of hydrogen-bond acceptors (Lipinski definition) is 4. The number of aromatic nitrogens is 1. The summed E-state index contributed by atoms with van der Waals surface area (Å²) in [7, 11) is 1.66. The second kappa shape index (κ2) is 7.80. The van der Waals surface area contributed by atoms with Gasteiger partial charge < -0.3 is 14.8 Å². The molecule has 1 heterocycles. The topological polar surface area (TPSA) is 43.4 Å². The molecule has 0 spiro atoms. The molecule has 0 saturated heterocycles. The molecule has 0 amide bonds. The smallest absolute Gasteiger partial charge is 0.161 e. The Labute approximate surface area is 132 Å². The van der Waals surface area contributed by atoms with Crippen LogP contribution in [0.1, 0.15) is 30.8 Å². The molecule has 0 saturated carbocycles. The molecule has 0 atom stereocenters. The predicted molar refractivity (Wildman–Crippen MR) is 88.3 cm³/mol. The van der Waals surface area contributed by atoms with E-state index in [4.69, 9.17) is 9.47 Å². The number of aryl methyl sites for hydroxylation is 1. The molecular weight excluding hydrogens is 276 g/mol. The van der Waals surface area contributed by atoms with Crippen molar-refractivity contribution in [1.82, 2.24) is 10.3 Å². The molecule has 0 aliphatic rings. The maximum Gasteiger partial charge on any atom is 0.161 e. The molecule has 22 heavy (non-hydrogen) atoms. The van der Waals surface area contributed by atoms with Crippen LogP contribution in [0.15, 0.2) is 36.4 Å². The van der Waals surface area contributed by atoms with E-state index >= 15 is 0 Å². The summed E-state index contributed by atoms with van der Waals surface area (Å²) in [5.74, 6) is 1.54. The second-order valence-electron chi connectivity index (χ2n) is 5.53. The highest BCUT2D eigenvalue weighted by atomic mass is 16.5. The van der Waals surface area contributed by atoms with Crippen molar-refractivity contribution in [2.75, 3.05) is 7.11 Å². The Morgan fingerprint density at radius 3 is 2.59 bits per heavy atom. The van der Waals surface area contributed by atoms with Crippen LogP contribution in [0.4, 0.5) is 0 Å². The zero-order valence-corrected chi connectivity index (χ0v) is 13.7. The quantitative estimate of drug-likeness (QED) is 0.850. The lowest BCUT2D eigenvalue weighted by atomic mass is 10.2. The predicted octanol–water partition coefficient (Wildman–Crippen LogP) is 3.48. The van der Waals surface area contributed by atoms with Gasteiger partial charge in [0.2, 0.25) is 0 Å². The second-order valence-corrected chi connectivity index (χ2v) is 5.53. The monoisotopic (exact) mass is 300 g/mol. The Morgan fingerprint density at radius 1 is 1.09 bits per heavy atom. The van der Waals surface area contributed by atoms with Gasteiger partial charge in [0.25, 0.3) is 0 Å². The van der Waals surface area contributed by atoms with Crippen molar-refractivity contribution in [3.05, 3.63) is 53.3 Å². The van der Waals surface area contributed by atoms with Crippen LogP contribution in [-0.4, -0.2) is 18.2 Å². The van der Waals surface area contributed by atoms with E-state index in [0.717, 1.165) is 41.5 Å². The van der Waals surface area contributed by atoms with Crippen molar-refractivity contribution >= 4 is 0 Å². The van der Waals surface area contributed by atoms with E-state index in [1.54, 1.807) is 7.11 Å². The SMILES string of the molecule is COc1cc(CNCc2cccc(C)n2)ccc1OC(C)C. The van der Waals surface area contributed by atoms with E-state index < -0.39 is 0 Å². The fourth-order valence-electron chi connectivity index (χ4n) is 2.21. The van der Waals surface area contributed by atoms with Gasteiger partial charge in [0.15, 0.2) is 11.5 Å². The minimum absolute atomic E-state index is 0.130. The summed E-state index contributed by atoms with van der Waals surface area (Å²) >= 11 is 0. The molecule has 1 aromatic carbocycles. The first-order valence-corrected chi connectivity index (χ1v) is 7.55. The number of ether oxygens (including phenoxy) is 2. The van der Waals surface area contributed by atoms with Crippen LogP contribution >= 0.6 is 0 Å². The molecule has 0 aliphatic carbocycles. The van der Waals surface area contributed by atoms with Crippen LogP contribution in [-0.2, 0) is 13.1 Å². The summed E-state index contributed by atoms with van der Waals surface area (Å²) in [6, 6.07) is 12.1. The van der Waals surface area contributed by atoms with Gasteiger partial charge in [-0.25, -0.2) is 0 Å². The van der Waals surface area contributed by atoms with Crippen molar-refractivity contribution < 1.29 is 9.47 Å². The summed E-state index contributed by atoms with van der Waals surface area (Å²) < 4.78 is 11.1. The fourth-order valence-corrected chi connectivity index (χ4v) is 2.21. The Balaban J connectivity index is 1.95. The van der Waals surface area contributed by atoms with Gasteiger partial charge in [0.05, 0.1) is 18.9 Å². The number of nitrogens with one attached hydrogen (secondary N) is 1. The zero-order valence-electron chi connectivity index (χ0n) is 13.7. The third-order valence-corrected chi connectivity index (χ3v) is 3.17. The van der Waals surface area contributed by atoms with Gasteiger partial charge >= 0.3 is 0 Å². The van der Waals surface area contributed by atoms with E-state index in [9.17, 15) is 0 Å². The summed E-state index contributed by atoms with van der Waals surface area (Å²) in [5, 5.41) is 3.40. The lowest BCUT2D eigenvalue weighted by Crippen LogP contribution is -2.14. The molecule has 4 heteroatoms. The molecule has 0 radical (unpaired) electrons. The van der Waals surface area contributed by atoms with E-state index in [1.807, 2.05) is 51.1 Å². The van der Waals surface area contributed by atoms with Crippen LogP contribution in [0.3, 0.4) is 0 Å². The van der Waals surface area contributed by atoms with Crippen molar-refractivity contribution in [2.24, 2.45) is 0 Å². The van der Waals surface area contributed by atoms with E-state index in [-0.39, 0.29) is 6.10 Å². The average Bonchev–Trinajstić information content (AvgIpc) is 2.48. The van der Waals surface area contributed by atoms with Crippen LogP contribution in [0.5, 0.6) is 11.5 Å². The molecule has 4 nitrogen and oxygen atoms in total. The molecule has 1 aromatic heterocycles. The van der Waals surface area contributed by atoms with Gasteiger partial charge in [-0.2, -0.15) is 0 Å². The van der Waals surface area contributed by atoms with Gasteiger partial charge in [-0.3, -0.25) is 4.98 Å². The number of rotatable bonds is 7. The summed E-state index contributed by atoms with van der Waals surface area (Å²) in [6.45, 7) is 7.51. The minimum Gasteiger partial charge on any atom is -0.493 e. The van der Waals surface area contributed by atoms with Gasteiger partial charge in [-0.15, -0.1) is 0 Å². The number of methoxy groups -OCH3 is 1. The number of nitrogens with zero attached hydrogens (tertiary/aromatic N) is 1. The standard InChI is InChI=1S/C18H24N2O2/c1-13(2)22-17-9-8-15(10-18(17)21-4)11-19-12-16-7-5-6-14(3)20-16/h5-10,13,19H,11-12H2,1-4H3. The van der Waals surface area contributed by atoms with Crippen molar-refractivity contribution in [2.45, 2.75) is 40.0 Å². The van der Waals surface area contributed by atoms with E-state index in [2.05, 4.69) is 16.4 Å². The Hall–Kier alpha value is -2.07. The van der Waals surface area contributed by atoms with Crippen molar-refractivity contribution in [3.8, 4) is 11.5 Å². The van der Waals surface area contributed by atoms with Crippen LogP contribution in [0.2, 0.25) is 0 Å². The number of pyridine rings is 1. The first-order chi connectivity index (χ1) is 10.6. The molecule has 0 bridgehead atoms. The molecule has 118 valence electrons. The highest BCUT2D eigenvalue weighted by Gasteiger charge is 2.07. The maximum atomic E-state index is 5.72. The molecule has 2 aromatic rings. The summed E-state index contributed by atoms with van der Waals surface area (Å²) in [5.41, 5.74) is 3.24. The average molecular weight is 300 g/mol. The van der Waals surface area contributed by atoms with Gasteiger partial charge in [0, 0.05) is 18.8 Å². The normalized spacial score (nSPS) is 10.8. The molecule has 0 fully saturated rings. The Morgan fingerprint density at radius 2 is 1.91 bits per heavy atom. The largest absolute Gasteiger partial charge is 0.493 e. The Kier molecular flexibility index (Phi) is 5.78. The maximum absolute atomic E-state index is 5.72. The molecule has 2 rings (SSSR count). The molecular formula is C18H24N2O2. The van der Waals surface area contributed by atoms with Crippen molar-refractivity contribution in [1.29, 1.82) is 0 Å². The summed E-state index contributed by atoms with van der Waals surface area (Å²) in [6.07, 6.45) is 0.130. The number of hydrogen-bond donors (Lipinski definition) is 1. The lowest BCUT2D eigenvalue weighted by Gasteiger charge is -2.14. The molecule has 1 N–H and O–H groups in total. The molecule has 0 aliphatic heterocycles. The number of benzene rings is 1. The first kappa shape index (κ1) is 16.3. The van der Waals surface area contributed by atoms with Crippen LogP contribution < -0.4 is 14.8 Å². The lowest BCUT2D eigenvalue weighted by molar-refractivity contribution is 0.230. The first-order valence-electron chi connectivity index (χ1n) is 7.55. The van der Waals surface area contributed by atoms with Crippen LogP contribution in [0, 0.1) is 6.92 Å². The third-order valence-electron chi connectivity index (χ3n) is 3.17. The minimum atomic E-state index is 0.130. The van der Waals surface area contributed by atoms with E-state index in [1.165, 1.54) is 0 Å². The van der Waals surface area contributed by atoms with Gasteiger partial charge in [-0.1, -0.05) is 12.1 Å². The zero-order chi connectivity index (χ0) is 15.9. The van der Waals surface area contributed by atoms with E-state index in [0.29, 0.717) is 0 Å². The third kappa shape index (κ3) is 4.74. The molecule has 0 unspecified atom stereocenters. The van der Waals surface area contributed by atoms with Gasteiger partial charge in [-0.05, 0) is 50.6 Å².